The summed E-state index contributed by atoms with van der Waals surface area (Å²) in [5.41, 5.74) is 1.16. The number of ether oxygens (including phenoxy) is 2. The molecule has 0 saturated carbocycles. The van der Waals surface area contributed by atoms with Gasteiger partial charge in [-0.2, -0.15) is 0 Å². The van der Waals surface area contributed by atoms with E-state index in [9.17, 15) is 14.0 Å². The Kier molecular flexibility index (Phi) is 5.74. The van der Waals surface area contributed by atoms with E-state index in [0.717, 1.165) is 0 Å². The fourth-order valence-electron chi connectivity index (χ4n) is 2.41. The van der Waals surface area contributed by atoms with Gasteiger partial charge in [-0.3, -0.25) is 4.79 Å². The maximum atomic E-state index is 13.0. The van der Waals surface area contributed by atoms with Crippen molar-refractivity contribution in [3.8, 4) is 17.1 Å². The van der Waals surface area contributed by atoms with Crippen molar-refractivity contribution in [1.29, 1.82) is 0 Å². The van der Waals surface area contributed by atoms with Crippen LogP contribution in [0.3, 0.4) is 0 Å². The maximum Gasteiger partial charge on any atom is 0.375 e. The SMILES string of the molecule is COc1ccc(NC(=O)[C@H](C)OC(=O)c2ccc(-c3ccc(F)cc3)o2)cc1. The van der Waals surface area contributed by atoms with Gasteiger partial charge in [-0.15, -0.1) is 0 Å². The summed E-state index contributed by atoms with van der Waals surface area (Å²) in [6.45, 7) is 1.46. The van der Waals surface area contributed by atoms with Crippen molar-refractivity contribution in [3.05, 3.63) is 72.2 Å². The molecule has 0 bridgehead atoms. The van der Waals surface area contributed by atoms with E-state index >= 15 is 0 Å². The van der Waals surface area contributed by atoms with Gasteiger partial charge in [0, 0.05) is 11.3 Å². The molecule has 0 aliphatic heterocycles. The highest BCUT2D eigenvalue weighted by Crippen LogP contribution is 2.23. The zero-order valence-electron chi connectivity index (χ0n) is 15.3. The highest BCUT2D eigenvalue weighted by molar-refractivity contribution is 5.96. The molecule has 3 aromatic rings. The first-order chi connectivity index (χ1) is 13.5. The van der Waals surface area contributed by atoms with E-state index < -0.39 is 18.0 Å². The first-order valence-electron chi connectivity index (χ1n) is 8.48. The first-order valence-corrected chi connectivity index (χ1v) is 8.48. The Balaban J connectivity index is 1.60. The molecule has 144 valence electrons. The number of carbonyl (C=O) groups is 2. The summed E-state index contributed by atoms with van der Waals surface area (Å²) in [6, 6.07) is 15.4. The van der Waals surface area contributed by atoms with Gasteiger partial charge < -0.3 is 19.2 Å². The molecule has 0 saturated heterocycles. The number of halogens is 1. The molecule has 0 fully saturated rings. The second-order valence-electron chi connectivity index (χ2n) is 5.94. The lowest BCUT2D eigenvalue weighted by atomic mass is 10.2. The molecule has 1 atom stereocenters. The van der Waals surface area contributed by atoms with Crippen molar-refractivity contribution >= 4 is 17.6 Å². The Morgan fingerprint density at radius 3 is 2.32 bits per heavy atom. The standard InChI is InChI=1S/C21H18FNO5/c1-13(20(24)23-16-7-9-17(26-2)10-8-16)27-21(25)19-12-11-18(28-19)14-3-5-15(22)6-4-14/h3-13H,1-2H3,(H,23,24)/t13-/m0/s1. The number of nitrogens with one attached hydrogen (secondary N) is 1. The highest BCUT2D eigenvalue weighted by Gasteiger charge is 2.21. The molecule has 0 unspecified atom stereocenters. The number of amides is 1. The number of furan rings is 1. The minimum Gasteiger partial charge on any atom is -0.497 e. The number of rotatable bonds is 6. The molecular formula is C21H18FNO5. The van der Waals surface area contributed by atoms with E-state index in [-0.39, 0.29) is 11.6 Å². The van der Waals surface area contributed by atoms with Gasteiger partial charge in [-0.25, -0.2) is 9.18 Å². The van der Waals surface area contributed by atoms with Gasteiger partial charge in [-0.1, -0.05) is 0 Å². The second kappa shape index (κ2) is 8.39. The van der Waals surface area contributed by atoms with Crippen molar-refractivity contribution in [2.24, 2.45) is 0 Å². The van der Waals surface area contributed by atoms with Crippen molar-refractivity contribution in [3.63, 3.8) is 0 Å². The fourth-order valence-corrected chi connectivity index (χ4v) is 2.41. The molecule has 3 rings (SSSR count). The van der Waals surface area contributed by atoms with E-state index in [1.54, 1.807) is 37.4 Å². The van der Waals surface area contributed by atoms with E-state index in [4.69, 9.17) is 13.9 Å². The molecule has 0 aliphatic rings. The minimum atomic E-state index is -1.03. The third-order valence-corrected chi connectivity index (χ3v) is 3.95. The molecule has 0 radical (unpaired) electrons. The summed E-state index contributed by atoms with van der Waals surface area (Å²) in [4.78, 5) is 24.4. The molecule has 7 heteroatoms. The number of carbonyl (C=O) groups excluding carboxylic acids is 2. The fraction of sp³-hybridized carbons (Fsp3) is 0.143. The van der Waals surface area contributed by atoms with Crippen LogP contribution < -0.4 is 10.1 Å². The molecule has 1 heterocycles. The normalized spacial score (nSPS) is 11.5. The van der Waals surface area contributed by atoms with Gasteiger partial charge in [0.1, 0.15) is 17.3 Å². The quantitative estimate of drug-likeness (QED) is 0.643. The van der Waals surface area contributed by atoms with Crippen LogP contribution >= 0.6 is 0 Å². The summed E-state index contributed by atoms with van der Waals surface area (Å²) in [6.07, 6.45) is -1.03. The van der Waals surface area contributed by atoms with Crippen LogP contribution in [0.2, 0.25) is 0 Å². The van der Waals surface area contributed by atoms with Gasteiger partial charge in [0.25, 0.3) is 5.91 Å². The smallest absolute Gasteiger partial charge is 0.375 e. The molecule has 28 heavy (non-hydrogen) atoms. The maximum absolute atomic E-state index is 13.0. The molecule has 0 aliphatic carbocycles. The van der Waals surface area contributed by atoms with Crippen LogP contribution in [0.4, 0.5) is 10.1 Å². The minimum absolute atomic E-state index is 0.0524. The lowest BCUT2D eigenvalue weighted by Crippen LogP contribution is -2.29. The Hall–Kier alpha value is -3.61. The molecule has 1 aromatic heterocycles. The molecule has 1 amide bonds. The van der Waals surface area contributed by atoms with Crippen molar-refractivity contribution in [2.45, 2.75) is 13.0 Å². The number of hydrogen-bond acceptors (Lipinski definition) is 5. The van der Waals surface area contributed by atoms with Gasteiger partial charge in [0.15, 0.2) is 6.10 Å². The molecule has 1 N–H and O–H groups in total. The zero-order valence-corrected chi connectivity index (χ0v) is 15.3. The van der Waals surface area contributed by atoms with Gasteiger partial charge >= 0.3 is 5.97 Å². The molecular weight excluding hydrogens is 365 g/mol. The van der Waals surface area contributed by atoms with E-state index in [1.807, 2.05) is 0 Å². The van der Waals surface area contributed by atoms with Crippen molar-refractivity contribution in [2.75, 3.05) is 12.4 Å². The summed E-state index contributed by atoms with van der Waals surface area (Å²) >= 11 is 0. The Morgan fingerprint density at radius 2 is 1.68 bits per heavy atom. The van der Waals surface area contributed by atoms with Crippen LogP contribution in [-0.4, -0.2) is 25.1 Å². The summed E-state index contributed by atoms with van der Waals surface area (Å²) in [5, 5.41) is 2.65. The van der Waals surface area contributed by atoms with Crippen molar-refractivity contribution < 1.29 is 27.9 Å². The second-order valence-corrected chi connectivity index (χ2v) is 5.94. The third kappa shape index (κ3) is 4.56. The summed E-state index contributed by atoms with van der Waals surface area (Å²) in [5.74, 6) is -0.626. The Labute approximate surface area is 160 Å². The van der Waals surface area contributed by atoms with E-state index in [1.165, 1.54) is 37.3 Å². The zero-order chi connectivity index (χ0) is 20.1. The van der Waals surface area contributed by atoms with Gasteiger partial charge in [0.2, 0.25) is 5.76 Å². The predicted octanol–water partition coefficient (Wildman–Crippen LogP) is 4.28. The molecule has 2 aromatic carbocycles. The average molecular weight is 383 g/mol. The topological polar surface area (TPSA) is 77.8 Å². The number of hydrogen-bond donors (Lipinski definition) is 1. The number of methoxy groups -OCH3 is 1. The van der Waals surface area contributed by atoms with Crippen LogP contribution in [0.1, 0.15) is 17.5 Å². The summed E-state index contributed by atoms with van der Waals surface area (Å²) in [7, 11) is 1.55. The van der Waals surface area contributed by atoms with Crippen molar-refractivity contribution in [1.82, 2.24) is 0 Å². The molecule has 6 nitrogen and oxygen atoms in total. The Bertz CT molecular complexity index is 963. The van der Waals surface area contributed by atoms with Crippen LogP contribution in [0, 0.1) is 5.82 Å². The van der Waals surface area contributed by atoms with Gasteiger partial charge in [-0.05, 0) is 67.6 Å². The molecule has 0 spiro atoms. The predicted molar refractivity (Wildman–Crippen MR) is 101 cm³/mol. The lowest BCUT2D eigenvalue weighted by Gasteiger charge is -2.13. The first kappa shape index (κ1) is 19.2. The third-order valence-electron chi connectivity index (χ3n) is 3.95. The largest absolute Gasteiger partial charge is 0.497 e. The van der Waals surface area contributed by atoms with Crippen LogP contribution in [-0.2, 0) is 9.53 Å². The summed E-state index contributed by atoms with van der Waals surface area (Å²) < 4.78 is 28.7. The number of esters is 1. The lowest BCUT2D eigenvalue weighted by molar-refractivity contribution is -0.123. The van der Waals surface area contributed by atoms with Crippen LogP contribution in [0.5, 0.6) is 5.75 Å². The average Bonchev–Trinajstić information content (AvgIpc) is 3.19. The Morgan fingerprint density at radius 1 is 1.00 bits per heavy atom. The van der Waals surface area contributed by atoms with Crippen LogP contribution in [0.15, 0.2) is 65.1 Å². The monoisotopic (exact) mass is 383 g/mol. The van der Waals surface area contributed by atoms with Crippen LogP contribution in [0.25, 0.3) is 11.3 Å². The number of anilines is 1. The number of benzene rings is 2. The van der Waals surface area contributed by atoms with Gasteiger partial charge in [0.05, 0.1) is 7.11 Å². The van der Waals surface area contributed by atoms with E-state index in [0.29, 0.717) is 22.8 Å². The highest BCUT2D eigenvalue weighted by atomic mass is 19.1. The van der Waals surface area contributed by atoms with E-state index in [2.05, 4.69) is 5.32 Å².